The van der Waals surface area contributed by atoms with Gasteiger partial charge in [0.15, 0.2) is 6.10 Å². The monoisotopic (exact) mass is 298 g/mol. The van der Waals surface area contributed by atoms with Gasteiger partial charge in [0.05, 0.1) is 12.2 Å². The molecule has 1 amide bonds. The third kappa shape index (κ3) is 4.58. The Balaban J connectivity index is 1.85. The van der Waals surface area contributed by atoms with Gasteiger partial charge in [0.1, 0.15) is 5.75 Å². The standard InChI is InChI=1S/C18H22N2O2/c1-13(2)15-7-9-17(10-8-15)22-14(3)18(21)20-12-16-6-4-5-11-19-16/h4-11,13-14H,12H2,1-3H3,(H,20,21)/t14-/m0/s1. The van der Waals surface area contributed by atoms with E-state index < -0.39 is 6.10 Å². The second-order valence-corrected chi connectivity index (χ2v) is 5.52. The molecule has 0 saturated heterocycles. The van der Waals surface area contributed by atoms with E-state index in [2.05, 4.69) is 24.1 Å². The van der Waals surface area contributed by atoms with Gasteiger partial charge in [0.2, 0.25) is 0 Å². The Labute approximate surface area is 131 Å². The number of carbonyl (C=O) groups is 1. The minimum Gasteiger partial charge on any atom is -0.481 e. The molecule has 2 aromatic rings. The van der Waals surface area contributed by atoms with Crippen molar-refractivity contribution in [1.82, 2.24) is 10.3 Å². The van der Waals surface area contributed by atoms with Crippen LogP contribution in [0.5, 0.6) is 5.75 Å². The molecule has 116 valence electrons. The van der Waals surface area contributed by atoms with Crippen molar-refractivity contribution in [2.45, 2.75) is 39.3 Å². The molecule has 4 heteroatoms. The number of nitrogens with zero attached hydrogens (tertiary/aromatic N) is 1. The highest BCUT2D eigenvalue weighted by atomic mass is 16.5. The molecule has 0 unspecified atom stereocenters. The molecule has 0 saturated carbocycles. The van der Waals surface area contributed by atoms with Gasteiger partial charge in [-0.2, -0.15) is 0 Å². The number of nitrogens with one attached hydrogen (secondary N) is 1. The molecule has 22 heavy (non-hydrogen) atoms. The van der Waals surface area contributed by atoms with Crippen LogP contribution in [0.2, 0.25) is 0 Å². The summed E-state index contributed by atoms with van der Waals surface area (Å²) in [6.45, 7) is 6.43. The Kier molecular flexibility index (Phi) is 5.53. The fourth-order valence-corrected chi connectivity index (χ4v) is 2.01. The van der Waals surface area contributed by atoms with E-state index in [-0.39, 0.29) is 5.91 Å². The fourth-order valence-electron chi connectivity index (χ4n) is 2.01. The van der Waals surface area contributed by atoms with E-state index >= 15 is 0 Å². The van der Waals surface area contributed by atoms with Crippen LogP contribution < -0.4 is 10.1 Å². The van der Waals surface area contributed by atoms with E-state index in [1.165, 1.54) is 5.56 Å². The maximum absolute atomic E-state index is 12.0. The third-order valence-electron chi connectivity index (χ3n) is 3.40. The van der Waals surface area contributed by atoms with Crippen LogP contribution in [0.1, 0.15) is 37.9 Å². The van der Waals surface area contributed by atoms with Crippen molar-refractivity contribution in [3.8, 4) is 5.75 Å². The molecule has 1 aromatic heterocycles. The maximum atomic E-state index is 12.0. The predicted molar refractivity (Wildman–Crippen MR) is 86.7 cm³/mol. The quantitative estimate of drug-likeness (QED) is 0.890. The van der Waals surface area contributed by atoms with Crippen LogP contribution in [-0.4, -0.2) is 17.0 Å². The Morgan fingerprint density at radius 2 is 1.86 bits per heavy atom. The number of aromatic nitrogens is 1. The van der Waals surface area contributed by atoms with Crippen LogP contribution in [0.25, 0.3) is 0 Å². The Bertz CT molecular complexity index is 594. The van der Waals surface area contributed by atoms with Crippen molar-refractivity contribution in [2.75, 3.05) is 0 Å². The first-order chi connectivity index (χ1) is 10.6. The number of hydrogen-bond acceptors (Lipinski definition) is 3. The SMILES string of the molecule is CC(C)c1ccc(O[C@@H](C)C(=O)NCc2ccccn2)cc1. The molecule has 0 aliphatic rings. The van der Waals surface area contributed by atoms with Crippen LogP contribution in [0, 0.1) is 0 Å². The van der Waals surface area contributed by atoms with Crippen LogP contribution in [-0.2, 0) is 11.3 Å². The van der Waals surface area contributed by atoms with E-state index in [4.69, 9.17) is 4.74 Å². The first kappa shape index (κ1) is 16.0. The molecule has 0 bridgehead atoms. The molecule has 0 radical (unpaired) electrons. The topological polar surface area (TPSA) is 51.2 Å². The molecule has 1 N–H and O–H groups in total. The number of benzene rings is 1. The second kappa shape index (κ2) is 7.59. The zero-order chi connectivity index (χ0) is 15.9. The van der Waals surface area contributed by atoms with E-state index in [0.717, 1.165) is 5.69 Å². The number of amides is 1. The van der Waals surface area contributed by atoms with E-state index in [0.29, 0.717) is 18.2 Å². The van der Waals surface area contributed by atoms with Gasteiger partial charge in [-0.15, -0.1) is 0 Å². The molecule has 2 rings (SSSR count). The summed E-state index contributed by atoms with van der Waals surface area (Å²) in [5.41, 5.74) is 2.07. The summed E-state index contributed by atoms with van der Waals surface area (Å²) in [5.74, 6) is 1.02. The molecule has 0 aliphatic carbocycles. The van der Waals surface area contributed by atoms with Crippen molar-refractivity contribution in [1.29, 1.82) is 0 Å². The minimum absolute atomic E-state index is 0.154. The lowest BCUT2D eigenvalue weighted by molar-refractivity contribution is -0.127. The number of rotatable bonds is 6. The van der Waals surface area contributed by atoms with Gasteiger partial charge < -0.3 is 10.1 Å². The normalized spacial score (nSPS) is 12.0. The molecule has 1 heterocycles. The zero-order valence-corrected chi connectivity index (χ0v) is 13.2. The molecular weight excluding hydrogens is 276 g/mol. The van der Waals surface area contributed by atoms with Crippen molar-refractivity contribution in [2.24, 2.45) is 0 Å². The van der Waals surface area contributed by atoms with Crippen LogP contribution in [0.3, 0.4) is 0 Å². The lowest BCUT2D eigenvalue weighted by Gasteiger charge is -2.15. The maximum Gasteiger partial charge on any atom is 0.261 e. The molecule has 1 atom stereocenters. The Hall–Kier alpha value is -2.36. The van der Waals surface area contributed by atoms with Gasteiger partial charge in [0.25, 0.3) is 5.91 Å². The Morgan fingerprint density at radius 3 is 2.45 bits per heavy atom. The average Bonchev–Trinajstić information content (AvgIpc) is 2.54. The van der Waals surface area contributed by atoms with Gasteiger partial charge >= 0.3 is 0 Å². The van der Waals surface area contributed by atoms with Crippen molar-refractivity contribution < 1.29 is 9.53 Å². The highest BCUT2D eigenvalue weighted by molar-refractivity contribution is 5.80. The number of carbonyl (C=O) groups excluding carboxylic acids is 1. The van der Waals surface area contributed by atoms with E-state index in [1.54, 1.807) is 13.1 Å². The van der Waals surface area contributed by atoms with Crippen LogP contribution in [0.15, 0.2) is 48.7 Å². The van der Waals surface area contributed by atoms with Gasteiger partial charge in [0, 0.05) is 6.20 Å². The van der Waals surface area contributed by atoms with Gasteiger partial charge in [-0.25, -0.2) is 0 Å². The van der Waals surface area contributed by atoms with E-state index in [1.807, 2.05) is 42.5 Å². The van der Waals surface area contributed by atoms with Gasteiger partial charge in [-0.1, -0.05) is 32.0 Å². The molecular formula is C18H22N2O2. The summed E-state index contributed by atoms with van der Waals surface area (Å²) >= 11 is 0. The number of ether oxygens (including phenoxy) is 1. The lowest BCUT2D eigenvalue weighted by atomic mass is 10.0. The lowest BCUT2D eigenvalue weighted by Crippen LogP contribution is -2.36. The second-order valence-electron chi connectivity index (χ2n) is 5.52. The van der Waals surface area contributed by atoms with Gasteiger partial charge in [-0.05, 0) is 42.7 Å². The minimum atomic E-state index is -0.548. The number of pyridine rings is 1. The smallest absolute Gasteiger partial charge is 0.261 e. The summed E-state index contributed by atoms with van der Waals surface area (Å²) in [6.07, 6.45) is 1.16. The first-order valence-electron chi connectivity index (χ1n) is 7.50. The molecule has 0 aliphatic heterocycles. The Morgan fingerprint density at radius 1 is 1.14 bits per heavy atom. The average molecular weight is 298 g/mol. The highest BCUT2D eigenvalue weighted by Crippen LogP contribution is 2.19. The number of hydrogen-bond donors (Lipinski definition) is 1. The summed E-state index contributed by atoms with van der Waals surface area (Å²) in [5, 5.41) is 2.82. The zero-order valence-electron chi connectivity index (χ0n) is 13.2. The molecule has 4 nitrogen and oxygen atoms in total. The largest absolute Gasteiger partial charge is 0.481 e. The predicted octanol–water partition coefficient (Wildman–Crippen LogP) is 3.29. The molecule has 1 aromatic carbocycles. The summed E-state index contributed by atoms with van der Waals surface area (Å²) in [6, 6.07) is 13.5. The van der Waals surface area contributed by atoms with Crippen molar-refractivity contribution in [3.63, 3.8) is 0 Å². The highest BCUT2D eigenvalue weighted by Gasteiger charge is 2.14. The summed E-state index contributed by atoms with van der Waals surface area (Å²) in [7, 11) is 0. The van der Waals surface area contributed by atoms with Gasteiger partial charge in [-0.3, -0.25) is 9.78 Å². The molecule has 0 spiro atoms. The first-order valence-corrected chi connectivity index (χ1v) is 7.50. The van der Waals surface area contributed by atoms with Crippen LogP contribution >= 0.6 is 0 Å². The van der Waals surface area contributed by atoms with Crippen molar-refractivity contribution in [3.05, 3.63) is 59.9 Å². The van der Waals surface area contributed by atoms with E-state index in [9.17, 15) is 4.79 Å². The van der Waals surface area contributed by atoms with Crippen LogP contribution in [0.4, 0.5) is 0 Å². The fraction of sp³-hybridized carbons (Fsp3) is 0.333. The summed E-state index contributed by atoms with van der Waals surface area (Å²) in [4.78, 5) is 16.2. The molecule has 0 fully saturated rings. The summed E-state index contributed by atoms with van der Waals surface area (Å²) < 4.78 is 5.67. The third-order valence-corrected chi connectivity index (χ3v) is 3.40. The van der Waals surface area contributed by atoms with Crippen molar-refractivity contribution >= 4 is 5.91 Å².